The Morgan fingerprint density at radius 2 is 1.62 bits per heavy atom. The Morgan fingerprint density at radius 1 is 0.862 bits per heavy atom. The maximum Gasteiger partial charge on any atom is 0.254 e. The van der Waals surface area contributed by atoms with Crippen LogP contribution in [0, 0.1) is 0 Å². The molecule has 3 heterocycles. The summed E-state index contributed by atoms with van der Waals surface area (Å²) in [4.78, 5) is 20.3. The Labute approximate surface area is 170 Å². The fourth-order valence-electron chi connectivity index (χ4n) is 4.15. The first-order valence-corrected chi connectivity index (χ1v) is 10.4. The van der Waals surface area contributed by atoms with E-state index >= 15 is 0 Å². The third kappa shape index (κ3) is 3.53. The van der Waals surface area contributed by atoms with Crippen LogP contribution in [0.1, 0.15) is 36.0 Å². The van der Waals surface area contributed by atoms with Crippen molar-refractivity contribution in [2.75, 3.05) is 26.3 Å². The molecule has 1 saturated heterocycles. The summed E-state index contributed by atoms with van der Waals surface area (Å²) in [7, 11) is 0. The second kappa shape index (κ2) is 7.74. The quantitative estimate of drug-likeness (QED) is 0.639. The lowest BCUT2D eigenvalue weighted by Gasteiger charge is -2.22. The van der Waals surface area contributed by atoms with Crippen molar-refractivity contribution in [2.24, 2.45) is 0 Å². The number of benzene rings is 2. The normalized spacial score (nSPS) is 16.5. The fourth-order valence-corrected chi connectivity index (χ4v) is 4.15. The first kappa shape index (κ1) is 18.0. The molecule has 2 aliphatic heterocycles. The van der Waals surface area contributed by atoms with E-state index in [4.69, 9.17) is 14.5 Å². The molecule has 0 radical (unpaired) electrons. The van der Waals surface area contributed by atoms with Crippen LogP contribution in [0.15, 0.2) is 48.5 Å². The predicted molar refractivity (Wildman–Crippen MR) is 113 cm³/mol. The fraction of sp³-hybridized carbons (Fsp3) is 0.333. The lowest BCUT2D eigenvalue weighted by Crippen LogP contribution is -2.32. The van der Waals surface area contributed by atoms with Gasteiger partial charge in [-0.15, -0.1) is 0 Å². The van der Waals surface area contributed by atoms with E-state index < -0.39 is 0 Å². The van der Waals surface area contributed by atoms with Gasteiger partial charge in [0.1, 0.15) is 13.2 Å². The number of pyridine rings is 1. The van der Waals surface area contributed by atoms with Crippen molar-refractivity contribution in [3.63, 3.8) is 0 Å². The van der Waals surface area contributed by atoms with E-state index in [1.807, 2.05) is 53.4 Å². The molecular weight excluding hydrogens is 364 g/mol. The molecule has 0 N–H and O–H groups in total. The smallest absolute Gasteiger partial charge is 0.254 e. The highest BCUT2D eigenvalue weighted by atomic mass is 16.6. The molecule has 2 aliphatic rings. The number of hydrogen-bond acceptors (Lipinski definition) is 4. The molecule has 148 valence electrons. The standard InChI is InChI=1S/C24H24N2O3/c27-24(26-11-5-1-2-6-12-26)19-16-21(25-20-8-4-3-7-18(19)20)17-9-10-22-23(15-17)29-14-13-28-22/h3-4,7-10,15-16H,1-2,5-6,11-14H2. The molecule has 1 fully saturated rings. The van der Waals surface area contributed by atoms with Gasteiger partial charge in [-0.3, -0.25) is 4.79 Å². The van der Waals surface area contributed by atoms with E-state index in [-0.39, 0.29) is 5.91 Å². The highest BCUT2D eigenvalue weighted by Crippen LogP contribution is 2.35. The molecule has 0 saturated carbocycles. The molecule has 3 aromatic rings. The monoisotopic (exact) mass is 388 g/mol. The molecule has 0 unspecified atom stereocenters. The summed E-state index contributed by atoms with van der Waals surface area (Å²) in [6.45, 7) is 2.76. The molecule has 0 spiro atoms. The zero-order valence-corrected chi connectivity index (χ0v) is 16.4. The lowest BCUT2D eigenvalue weighted by molar-refractivity contribution is 0.0763. The Hall–Kier alpha value is -3.08. The van der Waals surface area contributed by atoms with Gasteiger partial charge in [0.05, 0.1) is 16.8 Å². The van der Waals surface area contributed by atoms with Gasteiger partial charge >= 0.3 is 0 Å². The second-order valence-electron chi connectivity index (χ2n) is 7.64. The van der Waals surface area contributed by atoms with E-state index in [1.165, 1.54) is 12.8 Å². The maximum atomic E-state index is 13.4. The van der Waals surface area contributed by atoms with Crippen LogP contribution in [-0.4, -0.2) is 42.1 Å². The summed E-state index contributed by atoms with van der Waals surface area (Å²) in [6.07, 6.45) is 4.54. The third-order valence-electron chi connectivity index (χ3n) is 5.68. The molecule has 0 aliphatic carbocycles. The number of carbonyl (C=O) groups excluding carboxylic acids is 1. The number of hydrogen-bond donors (Lipinski definition) is 0. The summed E-state index contributed by atoms with van der Waals surface area (Å²) in [5.41, 5.74) is 3.25. The van der Waals surface area contributed by atoms with E-state index in [9.17, 15) is 4.79 Å². The van der Waals surface area contributed by atoms with E-state index in [1.54, 1.807) is 0 Å². The maximum absolute atomic E-state index is 13.4. The predicted octanol–water partition coefficient (Wildman–Crippen LogP) is 4.69. The summed E-state index contributed by atoms with van der Waals surface area (Å²) in [6, 6.07) is 15.7. The number of rotatable bonds is 2. The zero-order chi connectivity index (χ0) is 19.6. The molecule has 0 bridgehead atoms. The average molecular weight is 388 g/mol. The number of fused-ring (bicyclic) bond motifs is 2. The number of likely N-dealkylation sites (tertiary alicyclic amines) is 1. The first-order valence-electron chi connectivity index (χ1n) is 10.4. The van der Waals surface area contributed by atoms with Gasteiger partial charge in [0.2, 0.25) is 0 Å². The van der Waals surface area contributed by atoms with Crippen LogP contribution in [0.4, 0.5) is 0 Å². The van der Waals surface area contributed by atoms with Crippen LogP contribution in [0.5, 0.6) is 11.5 Å². The van der Waals surface area contributed by atoms with Crippen LogP contribution in [0.3, 0.4) is 0 Å². The van der Waals surface area contributed by atoms with Gasteiger partial charge < -0.3 is 14.4 Å². The SMILES string of the molecule is O=C(c1cc(-c2ccc3c(c2)OCCO3)nc2ccccc12)N1CCCCCC1. The Bertz CT molecular complexity index is 1060. The first-order chi connectivity index (χ1) is 14.3. The van der Waals surface area contributed by atoms with Gasteiger partial charge in [-0.2, -0.15) is 0 Å². The minimum absolute atomic E-state index is 0.101. The Morgan fingerprint density at radius 3 is 2.45 bits per heavy atom. The highest BCUT2D eigenvalue weighted by molar-refractivity contribution is 6.07. The number of para-hydroxylation sites is 1. The number of ether oxygens (including phenoxy) is 2. The summed E-state index contributed by atoms with van der Waals surface area (Å²) in [5.74, 6) is 1.58. The van der Waals surface area contributed by atoms with E-state index in [0.29, 0.717) is 13.2 Å². The topological polar surface area (TPSA) is 51.7 Å². The number of amides is 1. The average Bonchev–Trinajstić information content (AvgIpc) is 3.07. The van der Waals surface area contributed by atoms with Crippen LogP contribution in [0.25, 0.3) is 22.2 Å². The molecule has 1 amide bonds. The summed E-state index contributed by atoms with van der Waals surface area (Å²) < 4.78 is 11.4. The lowest BCUT2D eigenvalue weighted by atomic mass is 10.0. The van der Waals surface area contributed by atoms with Gasteiger partial charge in [0, 0.05) is 24.0 Å². The summed E-state index contributed by atoms with van der Waals surface area (Å²) >= 11 is 0. The van der Waals surface area contributed by atoms with Crippen LogP contribution >= 0.6 is 0 Å². The molecule has 5 heteroatoms. The van der Waals surface area contributed by atoms with Crippen LogP contribution in [-0.2, 0) is 0 Å². The second-order valence-corrected chi connectivity index (χ2v) is 7.64. The van der Waals surface area contributed by atoms with Gasteiger partial charge in [0.25, 0.3) is 5.91 Å². The molecular formula is C24H24N2O3. The third-order valence-corrected chi connectivity index (χ3v) is 5.68. The van der Waals surface area contributed by atoms with Gasteiger partial charge in [-0.05, 0) is 43.2 Å². The van der Waals surface area contributed by atoms with Crippen molar-refractivity contribution < 1.29 is 14.3 Å². The summed E-state index contributed by atoms with van der Waals surface area (Å²) in [5, 5.41) is 0.906. The van der Waals surface area contributed by atoms with Crippen molar-refractivity contribution in [1.82, 2.24) is 9.88 Å². The van der Waals surface area contributed by atoms with Gasteiger partial charge in [-0.1, -0.05) is 31.0 Å². The van der Waals surface area contributed by atoms with Crippen LogP contribution < -0.4 is 9.47 Å². The molecule has 1 aromatic heterocycles. The van der Waals surface area contributed by atoms with Crippen molar-refractivity contribution in [2.45, 2.75) is 25.7 Å². The van der Waals surface area contributed by atoms with E-state index in [2.05, 4.69) is 0 Å². The number of aromatic nitrogens is 1. The molecule has 5 rings (SSSR count). The highest BCUT2D eigenvalue weighted by Gasteiger charge is 2.21. The Kier molecular flexibility index (Phi) is 4.80. The van der Waals surface area contributed by atoms with Crippen molar-refractivity contribution in [3.05, 3.63) is 54.1 Å². The van der Waals surface area contributed by atoms with Crippen LogP contribution in [0.2, 0.25) is 0 Å². The van der Waals surface area contributed by atoms with Crippen molar-refractivity contribution >= 4 is 16.8 Å². The molecule has 5 nitrogen and oxygen atoms in total. The van der Waals surface area contributed by atoms with Gasteiger partial charge in [-0.25, -0.2) is 4.98 Å². The largest absolute Gasteiger partial charge is 0.486 e. The minimum atomic E-state index is 0.101. The zero-order valence-electron chi connectivity index (χ0n) is 16.4. The molecule has 2 aromatic carbocycles. The number of nitrogens with zero attached hydrogens (tertiary/aromatic N) is 2. The van der Waals surface area contributed by atoms with Gasteiger partial charge in [0.15, 0.2) is 11.5 Å². The Balaban J connectivity index is 1.59. The number of carbonyl (C=O) groups is 1. The minimum Gasteiger partial charge on any atom is -0.486 e. The molecule has 0 atom stereocenters. The van der Waals surface area contributed by atoms with Crippen molar-refractivity contribution in [1.29, 1.82) is 0 Å². The molecule has 29 heavy (non-hydrogen) atoms. The van der Waals surface area contributed by atoms with E-state index in [0.717, 1.165) is 65.2 Å². The van der Waals surface area contributed by atoms with Crippen molar-refractivity contribution in [3.8, 4) is 22.8 Å².